The Bertz CT molecular complexity index is 1050. The molecule has 1 heterocycles. The second kappa shape index (κ2) is 7.23. The van der Waals surface area contributed by atoms with Gasteiger partial charge in [0.25, 0.3) is 5.56 Å². The summed E-state index contributed by atoms with van der Waals surface area (Å²) in [5.74, 6) is -1.24. The van der Waals surface area contributed by atoms with E-state index >= 15 is 0 Å². The number of carbonyl (C=O) groups is 2. The van der Waals surface area contributed by atoms with Gasteiger partial charge in [0.1, 0.15) is 17.8 Å². The lowest BCUT2D eigenvalue weighted by atomic mass is 10.2. The molecule has 0 aliphatic carbocycles. The van der Waals surface area contributed by atoms with Crippen LogP contribution in [-0.2, 0) is 11.0 Å². The highest BCUT2D eigenvalue weighted by Crippen LogP contribution is 2.29. The van der Waals surface area contributed by atoms with Crippen LogP contribution in [-0.4, -0.2) is 28.0 Å². The van der Waals surface area contributed by atoms with Crippen LogP contribution in [0.2, 0.25) is 5.02 Å². The second-order valence-electron chi connectivity index (χ2n) is 4.99. The number of aldehydes is 1. The van der Waals surface area contributed by atoms with Crippen LogP contribution in [0.5, 0.6) is 0 Å². The van der Waals surface area contributed by atoms with Gasteiger partial charge in [-0.3, -0.25) is 4.79 Å². The van der Waals surface area contributed by atoms with Crippen molar-refractivity contribution < 1.29 is 27.2 Å². The number of carbonyl (C=O) groups excluding carboxylic acids is 2. The molecule has 1 aromatic heterocycles. The van der Waals surface area contributed by atoms with Crippen LogP contribution in [0.1, 0.15) is 5.69 Å². The summed E-state index contributed by atoms with van der Waals surface area (Å²) in [5, 5.41) is 2.22. The van der Waals surface area contributed by atoms with Gasteiger partial charge in [0.05, 0.1) is 22.9 Å². The smallest absolute Gasteiger partial charge is 0.377 e. The predicted molar refractivity (Wildman–Crippen MR) is 85.8 cm³/mol. The molecule has 1 aromatic carbocycles. The molecule has 0 saturated carbocycles. The molecule has 8 nitrogen and oxygen atoms in total. The number of anilines is 1. The van der Waals surface area contributed by atoms with Crippen LogP contribution in [0.3, 0.4) is 0 Å². The number of aromatic nitrogens is 2. The molecule has 144 valence electrons. The number of nitrogens with one attached hydrogen (secondary N) is 1. The maximum Gasteiger partial charge on any atom is 0.432 e. The lowest BCUT2D eigenvalue weighted by molar-refractivity contribution is -0.143. The molecule has 1 amide bonds. The van der Waals surface area contributed by atoms with Gasteiger partial charge in [-0.1, -0.05) is 11.6 Å². The van der Waals surface area contributed by atoms with E-state index in [1.807, 2.05) is 0 Å². The number of benzene rings is 1. The number of rotatable bonds is 4. The minimum Gasteiger partial charge on any atom is -0.377 e. The van der Waals surface area contributed by atoms with Gasteiger partial charge >= 0.3 is 17.9 Å². The van der Waals surface area contributed by atoms with Gasteiger partial charge in [0, 0.05) is 6.07 Å². The van der Waals surface area contributed by atoms with E-state index < -0.39 is 45.2 Å². The number of primary amides is 1. The van der Waals surface area contributed by atoms with Gasteiger partial charge in [0.2, 0.25) is 0 Å². The van der Waals surface area contributed by atoms with E-state index in [9.17, 15) is 36.7 Å². The van der Waals surface area contributed by atoms with Crippen LogP contribution in [0.15, 0.2) is 27.8 Å². The van der Waals surface area contributed by atoms with Gasteiger partial charge in [0.15, 0.2) is 0 Å². The largest absolute Gasteiger partial charge is 0.432 e. The Kier molecular flexibility index (Phi) is 5.40. The summed E-state index contributed by atoms with van der Waals surface area (Å²) in [6.45, 7) is -0.266. The fourth-order valence-electron chi connectivity index (χ4n) is 2.18. The van der Waals surface area contributed by atoms with Gasteiger partial charge in [-0.2, -0.15) is 13.2 Å². The molecule has 2 rings (SSSR count). The molecule has 0 aliphatic rings. The van der Waals surface area contributed by atoms with E-state index in [-0.39, 0.29) is 27.9 Å². The molecule has 0 spiro atoms. The van der Waals surface area contributed by atoms with Crippen molar-refractivity contribution in [2.24, 2.45) is 5.73 Å². The zero-order valence-electron chi connectivity index (χ0n) is 13.0. The van der Waals surface area contributed by atoms with E-state index in [0.717, 1.165) is 6.07 Å². The van der Waals surface area contributed by atoms with E-state index in [0.29, 0.717) is 12.4 Å². The number of hydrogen-bond donors (Lipinski definition) is 2. The molecule has 0 atom stereocenters. The molecule has 2 aromatic rings. The van der Waals surface area contributed by atoms with Gasteiger partial charge in [-0.25, -0.2) is 23.1 Å². The van der Waals surface area contributed by atoms with Crippen molar-refractivity contribution in [3.05, 3.63) is 55.6 Å². The van der Waals surface area contributed by atoms with E-state index in [1.165, 1.54) is 0 Å². The minimum absolute atomic E-state index is 0.0161. The molecular formula is C14H9ClF4N4O4. The first-order valence-electron chi connectivity index (χ1n) is 6.92. The molecule has 0 saturated heterocycles. The zero-order valence-corrected chi connectivity index (χ0v) is 13.8. The summed E-state index contributed by atoms with van der Waals surface area (Å²) in [4.78, 5) is 46.1. The Labute approximate surface area is 151 Å². The summed E-state index contributed by atoms with van der Waals surface area (Å²) in [5.41, 5.74) is -1.38. The van der Waals surface area contributed by atoms with Crippen molar-refractivity contribution in [3.8, 4) is 5.69 Å². The third kappa shape index (κ3) is 3.84. The van der Waals surface area contributed by atoms with Crippen LogP contribution < -0.4 is 22.3 Å². The van der Waals surface area contributed by atoms with Crippen molar-refractivity contribution >= 4 is 29.6 Å². The molecule has 3 N–H and O–H groups in total. The number of amides is 1. The molecule has 0 radical (unpaired) electrons. The fourth-order valence-corrected chi connectivity index (χ4v) is 2.40. The van der Waals surface area contributed by atoms with Crippen molar-refractivity contribution in [2.45, 2.75) is 6.18 Å². The molecular weight excluding hydrogens is 400 g/mol. The number of nitrogens with two attached hydrogens (primary N) is 1. The third-order valence-electron chi connectivity index (χ3n) is 3.27. The van der Waals surface area contributed by atoms with Crippen molar-refractivity contribution in [1.82, 2.24) is 9.13 Å². The van der Waals surface area contributed by atoms with Crippen LogP contribution in [0, 0.1) is 5.82 Å². The minimum atomic E-state index is -5.25. The molecule has 0 bridgehead atoms. The average Bonchev–Trinajstić information content (AvgIpc) is 2.53. The average molecular weight is 409 g/mol. The zero-order chi connectivity index (χ0) is 20.5. The number of alkyl halides is 3. The summed E-state index contributed by atoms with van der Waals surface area (Å²) in [6.07, 6.45) is -4.81. The topological polar surface area (TPSA) is 116 Å². The normalized spacial score (nSPS) is 11.3. The summed E-state index contributed by atoms with van der Waals surface area (Å²) in [6, 6.07) is -0.404. The maximum absolute atomic E-state index is 14.2. The molecule has 27 heavy (non-hydrogen) atoms. The first-order chi connectivity index (χ1) is 12.5. The van der Waals surface area contributed by atoms with E-state index in [4.69, 9.17) is 17.3 Å². The second-order valence-corrected chi connectivity index (χ2v) is 5.40. The van der Waals surface area contributed by atoms with Crippen molar-refractivity contribution in [3.63, 3.8) is 0 Å². The monoisotopic (exact) mass is 408 g/mol. The van der Waals surface area contributed by atoms with Crippen LogP contribution >= 0.6 is 11.6 Å². The Morgan fingerprint density at radius 1 is 1.26 bits per heavy atom. The Morgan fingerprint density at radius 3 is 2.41 bits per heavy atom. The summed E-state index contributed by atoms with van der Waals surface area (Å²) in [7, 11) is 0. The Hall–Kier alpha value is -3.15. The fraction of sp³-hybridized carbons (Fsp3) is 0.143. The molecule has 0 unspecified atom stereocenters. The Morgan fingerprint density at radius 2 is 1.89 bits per heavy atom. The van der Waals surface area contributed by atoms with E-state index in [1.54, 1.807) is 0 Å². The lowest BCUT2D eigenvalue weighted by Gasteiger charge is -2.16. The van der Waals surface area contributed by atoms with Crippen molar-refractivity contribution in [1.29, 1.82) is 0 Å². The van der Waals surface area contributed by atoms with Gasteiger partial charge < -0.3 is 15.8 Å². The van der Waals surface area contributed by atoms with Crippen LogP contribution in [0.25, 0.3) is 5.69 Å². The third-order valence-corrected chi connectivity index (χ3v) is 3.58. The predicted octanol–water partition coefficient (Wildman–Crippen LogP) is 1.35. The summed E-state index contributed by atoms with van der Waals surface area (Å²) >= 11 is 5.76. The van der Waals surface area contributed by atoms with Crippen molar-refractivity contribution in [2.75, 3.05) is 11.9 Å². The number of nitrogens with zero attached hydrogens (tertiary/aromatic N) is 2. The van der Waals surface area contributed by atoms with Crippen LogP contribution in [0.4, 0.5) is 28.0 Å². The molecule has 0 aliphatic heterocycles. The maximum atomic E-state index is 14.2. The summed E-state index contributed by atoms with van der Waals surface area (Å²) < 4.78 is 52.7. The van der Waals surface area contributed by atoms with E-state index in [2.05, 4.69) is 5.32 Å². The first kappa shape index (κ1) is 20.2. The SMILES string of the molecule is NC(=O)n1c(C(F)(F)F)cc(=O)n(-c2cc(NCC=O)c(Cl)cc2F)c1=O. The Balaban J connectivity index is 2.87. The highest BCUT2D eigenvalue weighted by molar-refractivity contribution is 6.33. The number of hydrogen-bond acceptors (Lipinski definition) is 5. The van der Waals surface area contributed by atoms with Gasteiger partial charge in [-0.05, 0) is 12.1 Å². The quantitative estimate of drug-likeness (QED) is 0.585. The highest BCUT2D eigenvalue weighted by atomic mass is 35.5. The number of halogens is 5. The standard InChI is InChI=1S/C14H9ClF4N4O4/c15-6-3-7(16)9(4-8(6)21-1-2-24)22-11(25)5-10(14(17,18)19)23(12(20)26)13(22)27/h2-5,21H,1H2,(H2,20,26). The highest BCUT2D eigenvalue weighted by Gasteiger charge is 2.37. The first-order valence-corrected chi connectivity index (χ1v) is 7.30. The van der Waals surface area contributed by atoms with Gasteiger partial charge in [-0.15, -0.1) is 0 Å². The lowest BCUT2D eigenvalue weighted by Crippen LogP contribution is -2.46. The molecule has 13 heteroatoms. The molecule has 0 fully saturated rings.